The Hall–Kier alpha value is -1.28. The lowest BCUT2D eigenvalue weighted by atomic mass is 9.91. The topological polar surface area (TPSA) is 23.5 Å². The number of likely N-dealkylation sites (tertiary alicyclic amines) is 1. The summed E-state index contributed by atoms with van der Waals surface area (Å²) in [5.41, 5.74) is -5.47. The Kier molecular flexibility index (Phi) is 4.96. The highest BCUT2D eigenvalue weighted by Gasteiger charge is 2.71. The number of alkyl halides is 6. The number of aliphatic hydroxyl groups is 1. The third-order valence-electron chi connectivity index (χ3n) is 4.05. The Morgan fingerprint density at radius 1 is 0.826 bits per heavy atom. The number of hydrogen-bond donors (Lipinski definition) is 1. The molecule has 0 aliphatic carbocycles. The van der Waals surface area contributed by atoms with Crippen molar-refractivity contribution in [3.63, 3.8) is 0 Å². The highest BCUT2D eigenvalue weighted by Crippen LogP contribution is 2.49. The molecule has 0 bridgehead atoms. The molecule has 23 heavy (non-hydrogen) atoms. The van der Waals surface area contributed by atoms with Crippen LogP contribution in [0.25, 0.3) is 0 Å². The van der Waals surface area contributed by atoms with E-state index in [1.54, 1.807) is 0 Å². The van der Waals surface area contributed by atoms with E-state index in [-0.39, 0.29) is 0 Å². The maximum atomic E-state index is 12.8. The molecule has 1 aliphatic heterocycles. The quantitative estimate of drug-likeness (QED) is 0.841. The van der Waals surface area contributed by atoms with Crippen LogP contribution in [0.15, 0.2) is 24.3 Å². The lowest BCUT2D eigenvalue weighted by molar-refractivity contribution is -0.376. The van der Waals surface area contributed by atoms with Crippen LogP contribution in [0, 0.1) is 0 Å². The Bertz CT molecular complexity index is 502. The molecule has 0 aromatic heterocycles. The molecule has 1 heterocycles. The van der Waals surface area contributed by atoms with Gasteiger partial charge in [-0.2, -0.15) is 26.3 Å². The van der Waals surface area contributed by atoms with Gasteiger partial charge in [0.25, 0.3) is 5.60 Å². The number of halogens is 6. The Balaban J connectivity index is 2.22. The third kappa shape index (κ3) is 3.63. The first-order valence-electron chi connectivity index (χ1n) is 7.23. The van der Waals surface area contributed by atoms with Crippen LogP contribution in [0.3, 0.4) is 0 Å². The highest BCUT2D eigenvalue weighted by atomic mass is 19.4. The lowest BCUT2D eigenvalue weighted by Gasteiger charge is -2.33. The van der Waals surface area contributed by atoms with E-state index < -0.39 is 23.5 Å². The maximum absolute atomic E-state index is 12.8. The molecule has 0 unspecified atom stereocenters. The molecule has 2 nitrogen and oxygen atoms in total. The fraction of sp³-hybridized carbons (Fsp3) is 0.600. The second kappa shape index (κ2) is 6.32. The van der Waals surface area contributed by atoms with Gasteiger partial charge in [-0.15, -0.1) is 0 Å². The highest BCUT2D eigenvalue weighted by molar-refractivity contribution is 5.30. The maximum Gasteiger partial charge on any atom is 0.430 e. The summed E-state index contributed by atoms with van der Waals surface area (Å²) >= 11 is 0. The van der Waals surface area contributed by atoms with Crippen LogP contribution in [-0.2, 0) is 12.1 Å². The molecule has 0 saturated carbocycles. The van der Waals surface area contributed by atoms with Gasteiger partial charge in [-0.25, -0.2) is 0 Å². The molecule has 0 spiro atoms. The molecule has 1 aromatic rings. The number of nitrogens with zero attached hydrogens (tertiary/aromatic N) is 1. The zero-order valence-corrected chi connectivity index (χ0v) is 12.2. The van der Waals surface area contributed by atoms with Crippen LogP contribution in [0.1, 0.15) is 30.4 Å². The third-order valence-corrected chi connectivity index (χ3v) is 4.05. The smallest absolute Gasteiger partial charge is 0.369 e. The summed E-state index contributed by atoms with van der Waals surface area (Å²) in [7, 11) is 0. The van der Waals surface area contributed by atoms with Crippen molar-refractivity contribution in [2.75, 3.05) is 13.1 Å². The van der Waals surface area contributed by atoms with E-state index in [0.29, 0.717) is 24.2 Å². The first-order valence-corrected chi connectivity index (χ1v) is 7.23. The van der Waals surface area contributed by atoms with Crippen molar-refractivity contribution >= 4 is 0 Å². The van der Waals surface area contributed by atoms with E-state index in [1.807, 2.05) is 0 Å². The molecule has 130 valence electrons. The predicted molar refractivity (Wildman–Crippen MR) is 71.6 cm³/mol. The second-order valence-corrected chi connectivity index (χ2v) is 5.74. The largest absolute Gasteiger partial charge is 0.430 e. The average Bonchev–Trinajstić information content (AvgIpc) is 2.46. The van der Waals surface area contributed by atoms with E-state index in [1.165, 1.54) is 12.1 Å². The minimum absolute atomic E-state index is 0.469. The summed E-state index contributed by atoms with van der Waals surface area (Å²) in [5, 5.41) is 9.31. The van der Waals surface area contributed by atoms with Gasteiger partial charge in [0.15, 0.2) is 0 Å². The van der Waals surface area contributed by atoms with Crippen molar-refractivity contribution in [3.8, 4) is 0 Å². The van der Waals surface area contributed by atoms with Crippen LogP contribution in [-0.4, -0.2) is 35.4 Å². The molecular weight excluding hydrogens is 324 g/mol. The summed E-state index contributed by atoms with van der Waals surface area (Å²) < 4.78 is 76.7. The van der Waals surface area contributed by atoms with Crippen molar-refractivity contribution in [1.29, 1.82) is 0 Å². The molecule has 0 atom stereocenters. The summed E-state index contributed by atoms with van der Waals surface area (Å²) in [5.74, 6) is 0. The van der Waals surface area contributed by atoms with E-state index >= 15 is 0 Å². The van der Waals surface area contributed by atoms with E-state index in [4.69, 9.17) is 0 Å². The van der Waals surface area contributed by atoms with Crippen LogP contribution in [0.5, 0.6) is 0 Å². The van der Waals surface area contributed by atoms with Gasteiger partial charge in [-0.1, -0.05) is 30.7 Å². The molecular formula is C15H17F6NO. The molecule has 1 N–H and O–H groups in total. The van der Waals surface area contributed by atoms with Gasteiger partial charge in [0.2, 0.25) is 0 Å². The van der Waals surface area contributed by atoms with E-state index in [2.05, 4.69) is 4.90 Å². The van der Waals surface area contributed by atoms with Crippen LogP contribution >= 0.6 is 0 Å². The molecule has 0 amide bonds. The van der Waals surface area contributed by atoms with Gasteiger partial charge in [-0.05, 0) is 31.5 Å². The van der Waals surface area contributed by atoms with Gasteiger partial charge < -0.3 is 5.11 Å². The number of hydrogen-bond acceptors (Lipinski definition) is 2. The van der Waals surface area contributed by atoms with Crippen molar-refractivity contribution in [1.82, 2.24) is 4.90 Å². The molecule has 1 saturated heterocycles. The minimum Gasteiger partial charge on any atom is -0.369 e. The fourth-order valence-electron chi connectivity index (χ4n) is 2.72. The number of piperidine rings is 1. The normalized spacial score (nSPS) is 18.2. The second-order valence-electron chi connectivity index (χ2n) is 5.74. The Morgan fingerprint density at radius 3 is 1.74 bits per heavy atom. The van der Waals surface area contributed by atoms with Gasteiger partial charge in [-0.3, -0.25) is 4.90 Å². The van der Waals surface area contributed by atoms with Crippen LogP contribution in [0.2, 0.25) is 0 Å². The van der Waals surface area contributed by atoms with Gasteiger partial charge in [0.05, 0.1) is 0 Å². The van der Waals surface area contributed by atoms with Gasteiger partial charge >= 0.3 is 12.4 Å². The Labute approximate surface area is 129 Å². The predicted octanol–water partition coefficient (Wildman–Crippen LogP) is 3.98. The zero-order chi connectivity index (χ0) is 17.3. The number of rotatable bonds is 3. The monoisotopic (exact) mass is 341 g/mol. The standard InChI is InChI=1S/C15H17F6NO/c16-14(17,18)13(23,15(19,20)21)12-6-4-11(5-7-12)10-22-8-2-1-3-9-22/h4-7,23H,1-3,8-10H2. The minimum atomic E-state index is -5.85. The number of benzene rings is 1. The van der Waals surface area contributed by atoms with Crippen molar-refractivity contribution in [3.05, 3.63) is 35.4 Å². The molecule has 0 radical (unpaired) electrons. The molecule has 1 aromatic carbocycles. The Morgan fingerprint density at radius 2 is 1.30 bits per heavy atom. The van der Waals surface area contributed by atoms with E-state index in [0.717, 1.165) is 32.4 Å². The SMILES string of the molecule is OC(c1ccc(CN2CCCCC2)cc1)(C(F)(F)F)C(F)(F)F. The van der Waals surface area contributed by atoms with E-state index in [9.17, 15) is 31.4 Å². The summed E-state index contributed by atoms with van der Waals surface area (Å²) in [6.07, 6.45) is -8.52. The summed E-state index contributed by atoms with van der Waals surface area (Å²) in [6, 6.07) is 3.79. The first kappa shape index (κ1) is 18.1. The van der Waals surface area contributed by atoms with Crippen LogP contribution in [0.4, 0.5) is 26.3 Å². The molecule has 1 aliphatic rings. The van der Waals surface area contributed by atoms with Crippen molar-refractivity contribution in [2.45, 2.75) is 43.8 Å². The van der Waals surface area contributed by atoms with Crippen LogP contribution < -0.4 is 0 Å². The van der Waals surface area contributed by atoms with Crippen molar-refractivity contribution < 1.29 is 31.4 Å². The molecule has 8 heteroatoms. The molecule has 2 rings (SSSR count). The fourth-order valence-corrected chi connectivity index (χ4v) is 2.72. The average molecular weight is 341 g/mol. The zero-order valence-electron chi connectivity index (χ0n) is 12.2. The summed E-state index contributed by atoms with van der Waals surface area (Å²) in [4.78, 5) is 2.10. The first-order chi connectivity index (χ1) is 10.6. The molecule has 1 fully saturated rings. The van der Waals surface area contributed by atoms with Crippen molar-refractivity contribution in [2.24, 2.45) is 0 Å². The van der Waals surface area contributed by atoms with Gasteiger partial charge in [0, 0.05) is 12.1 Å². The van der Waals surface area contributed by atoms with Gasteiger partial charge in [0.1, 0.15) is 0 Å². The lowest BCUT2D eigenvalue weighted by Crippen LogP contribution is -2.53. The summed E-state index contributed by atoms with van der Waals surface area (Å²) in [6.45, 7) is 2.18.